The van der Waals surface area contributed by atoms with Crippen LogP contribution in [0.5, 0.6) is 0 Å². The summed E-state index contributed by atoms with van der Waals surface area (Å²) >= 11 is 5.49. The van der Waals surface area contributed by atoms with Crippen LogP contribution in [0.25, 0.3) is 0 Å². The molecule has 88 valence electrons. The van der Waals surface area contributed by atoms with Gasteiger partial charge in [0.1, 0.15) is 0 Å². The zero-order valence-electron chi connectivity index (χ0n) is 9.08. The zero-order valence-corrected chi connectivity index (χ0v) is 10.6. The molecule has 0 heterocycles. The lowest BCUT2D eigenvalue weighted by atomic mass is 10.4. The molecule has 0 saturated heterocycles. The van der Waals surface area contributed by atoms with Gasteiger partial charge in [-0.3, -0.25) is 0 Å². The van der Waals surface area contributed by atoms with Gasteiger partial charge in [-0.25, -0.2) is 8.42 Å². The number of alkyl halides is 1. The van der Waals surface area contributed by atoms with Crippen LogP contribution in [-0.4, -0.2) is 37.4 Å². The summed E-state index contributed by atoms with van der Waals surface area (Å²) < 4.78 is 24.9. The topological polar surface area (TPSA) is 37.4 Å². The second-order valence-corrected chi connectivity index (χ2v) is 5.72. The Kier molecular flexibility index (Phi) is 7.85. The Labute approximate surface area is 97.8 Å². The molecule has 0 aromatic carbocycles. The summed E-state index contributed by atoms with van der Waals surface area (Å²) in [5, 5.41) is 0. The van der Waals surface area contributed by atoms with Crippen molar-refractivity contribution in [2.45, 2.75) is 26.2 Å². The average molecular weight is 252 g/mol. The molecular weight excluding hydrogens is 234 g/mol. The third-order valence-corrected chi connectivity index (χ3v) is 4.09. The molecule has 0 amide bonds. The molecule has 0 aliphatic rings. The van der Waals surface area contributed by atoms with Crippen molar-refractivity contribution < 1.29 is 8.42 Å². The molecular formula is C10H18ClNO2S. The first-order valence-electron chi connectivity index (χ1n) is 5.05. The summed E-state index contributed by atoms with van der Waals surface area (Å²) in [6, 6.07) is 0. The Balaban J connectivity index is 4.30. The Bertz CT molecular complexity index is 295. The molecule has 0 fully saturated rings. The van der Waals surface area contributed by atoms with Gasteiger partial charge in [-0.2, -0.15) is 4.31 Å². The maximum Gasteiger partial charge on any atom is 0.214 e. The minimum Gasteiger partial charge on any atom is -0.212 e. The number of halogens is 1. The van der Waals surface area contributed by atoms with Crippen LogP contribution in [0.3, 0.4) is 0 Å². The van der Waals surface area contributed by atoms with Crippen LogP contribution in [0.15, 0.2) is 0 Å². The van der Waals surface area contributed by atoms with Crippen LogP contribution in [-0.2, 0) is 10.0 Å². The SMILES string of the molecule is C#CCN(CCC)S(=O)(=O)CCCCCl. The third kappa shape index (κ3) is 6.03. The molecule has 0 unspecified atom stereocenters. The highest BCUT2D eigenvalue weighted by Gasteiger charge is 2.19. The molecule has 0 atom stereocenters. The fraction of sp³-hybridized carbons (Fsp3) is 0.800. The largest absolute Gasteiger partial charge is 0.214 e. The molecule has 0 aliphatic heterocycles. The van der Waals surface area contributed by atoms with Crippen molar-refractivity contribution in [1.82, 2.24) is 4.31 Å². The lowest BCUT2D eigenvalue weighted by molar-refractivity contribution is 0.444. The lowest BCUT2D eigenvalue weighted by Gasteiger charge is -2.18. The maximum atomic E-state index is 11.8. The first-order chi connectivity index (χ1) is 7.08. The predicted molar refractivity (Wildman–Crippen MR) is 64.4 cm³/mol. The molecule has 0 radical (unpaired) electrons. The van der Waals surface area contributed by atoms with Gasteiger partial charge in [0.2, 0.25) is 10.0 Å². The van der Waals surface area contributed by atoms with E-state index in [1.54, 1.807) is 0 Å². The van der Waals surface area contributed by atoms with Gasteiger partial charge in [0.05, 0.1) is 12.3 Å². The van der Waals surface area contributed by atoms with E-state index in [0.29, 0.717) is 18.8 Å². The molecule has 5 heteroatoms. The standard InChI is InChI=1S/C10H18ClNO2S/c1-3-8-12(9-4-2)15(13,14)10-6-5-7-11/h1H,4-10H2,2H3. The van der Waals surface area contributed by atoms with E-state index in [4.69, 9.17) is 18.0 Å². The van der Waals surface area contributed by atoms with Crippen molar-refractivity contribution in [3.05, 3.63) is 0 Å². The van der Waals surface area contributed by atoms with Crippen LogP contribution in [0.1, 0.15) is 26.2 Å². The van der Waals surface area contributed by atoms with Gasteiger partial charge in [-0.15, -0.1) is 18.0 Å². The lowest BCUT2D eigenvalue weighted by Crippen LogP contribution is -2.34. The highest BCUT2D eigenvalue weighted by atomic mass is 35.5. The van der Waals surface area contributed by atoms with E-state index in [2.05, 4.69) is 5.92 Å². The summed E-state index contributed by atoms with van der Waals surface area (Å²) in [6.07, 6.45) is 7.22. The molecule has 0 aromatic rings. The zero-order chi connectivity index (χ0) is 11.7. The fourth-order valence-corrected chi connectivity index (χ4v) is 2.92. The van der Waals surface area contributed by atoms with Crippen molar-refractivity contribution in [3.63, 3.8) is 0 Å². The van der Waals surface area contributed by atoms with Gasteiger partial charge in [0, 0.05) is 12.4 Å². The van der Waals surface area contributed by atoms with Crippen LogP contribution in [0.2, 0.25) is 0 Å². The molecule has 0 aromatic heterocycles. The Morgan fingerprint density at radius 3 is 2.53 bits per heavy atom. The molecule has 0 bridgehead atoms. The minimum atomic E-state index is -3.19. The van der Waals surface area contributed by atoms with Crippen molar-refractivity contribution in [2.75, 3.05) is 24.7 Å². The van der Waals surface area contributed by atoms with Crippen LogP contribution in [0, 0.1) is 12.3 Å². The molecule has 0 saturated carbocycles. The van der Waals surface area contributed by atoms with Gasteiger partial charge in [0.15, 0.2) is 0 Å². The number of terminal acetylenes is 1. The predicted octanol–water partition coefficient (Wildman–Crippen LogP) is 1.68. The smallest absolute Gasteiger partial charge is 0.212 e. The van der Waals surface area contributed by atoms with Crippen LogP contribution < -0.4 is 0 Å². The van der Waals surface area contributed by atoms with Crippen molar-refractivity contribution in [3.8, 4) is 12.3 Å². The molecule has 0 aliphatic carbocycles. The molecule has 15 heavy (non-hydrogen) atoms. The minimum absolute atomic E-state index is 0.140. The number of unbranched alkanes of at least 4 members (excludes halogenated alkanes) is 1. The maximum absolute atomic E-state index is 11.8. The molecule has 0 N–H and O–H groups in total. The quantitative estimate of drug-likeness (QED) is 0.374. The van der Waals surface area contributed by atoms with E-state index in [1.807, 2.05) is 6.92 Å². The Morgan fingerprint density at radius 2 is 2.07 bits per heavy atom. The first kappa shape index (κ1) is 14.8. The third-order valence-electron chi connectivity index (χ3n) is 1.92. The van der Waals surface area contributed by atoms with Gasteiger partial charge in [-0.05, 0) is 19.3 Å². The van der Waals surface area contributed by atoms with E-state index in [9.17, 15) is 8.42 Å². The second kappa shape index (κ2) is 7.98. The average Bonchev–Trinajstić information content (AvgIpc) is 2.18. The van der Waals surface area contributed by atoms with Crippen molar-refractivity contribution in [2.24, 2.45) is 0 Å². The van der Waals surface area contributed by atoms with Crippen LogP contribution >= 0.6 is 11.6 Å². The summed E-state index contributed by atoms with van der Waals surface area (Å²) in [5.41, 5.74) is 0. The molecule has 3 nitrogen and oxygen atoms in total. The van der Waals surface area contributed by atoms with E-state index >= 15 is 0 Å². The van der Waals surface area contributed by atoms with Gasteiger partial charge in [-0.1, -0.05) is 12.8 Å². The van der Waals surface area contributed by atoms with E-state index < -0.39 is 10.0 Å². The number of nitrogens with zero attached hydrogens (tertiary/aromatic N) is 1. The summed E-state index contributed by atoms with van der Waals surface area (Å²) in [4.78, 5) is 0. The number of hydrogen-bond acceptors (Lipinski definition) is 2. The number of sulfonamides is 1. The summed E-state index contributed by atoms with van der Waals surface area (Å²) in [7, 11) is -3.19. The summed E-state index contributed by atoms with van der Waals surface area (Å²) in [6.45, 7) is 2.59. The normalized spacial score (nSPS) is 11.6. The van der Waals surface area contributed by atoms with Gasteiger partial charge < -0.3 is 0 Å². The Hall–Kier alpha value is -0.240. The van der Waals surface area contributed by atoms with E-state index in [-0.39, 0.29) is 12.3 Å². The molecule has 0 rings (SSSR count). The first-order valence-corrected chi connectivity index (χ1v) is 7.20. The van der Waals surface area contributed by atoms with E-state index in [1.165, 1.54) is 4.31 Å². The van der Waals surface area contributed by atoms with Crippen molar-refractivity contribution >= 4 is 21.6 Å². The fourth-order valence-electron chi connectivity index (χ4n) is 1.18. The van der Waals surface area contributed by atoms with Crippen molar-refractivity contribution in [1.29, 1.82) is 0 Å². The van der Waals surface area contributed by atoms with Gasteiger partial charge in [0.25, 0.3) is 0 Å². The highest BCUT2D eigenvalue weighted by molar-refractivity contribution is 7.89. The Morgan fingerprint density at radius 1 is 1.40 bits per heavy atom. The van der Waals surface area contributed by atoms with E-state index in [0.717, 1.165) is 12.8 Å². The summed E-state index contributed by atoms with van der Waals surface area (Å²) in [5.74, 6) is 3.01. The van der Waals surface area contributed by atoms with Crippen LogP contribution in [0.4, 0.5) is 0 Å². The second-order valence-electron chi connectivity index (χ2n) is 3.25. The molecule has 0 spiro atoms. The van der Waals surface area contributed by atoms with Gasteiger partial charge >= 0.3 is 0 Å². The monoisotopic (exact) mass is 251 g/mol. The number of rotatable bonds is 8. The number of hydrogen-bond donors (Lipinski definition) is 0. The highest BCUT2D eigenvalue weighted by Crippen LogP contribution is 2.06.